The van der Waals surface area contributed by atoms with E-state index in [9.17, 15) is 0 Å². The van der Waals surface area contributed by atoms with Crippen LogP contribution < -0.4 is 4.52 Å². The molecule has 0 spiro atoms. The summed E-state index contributed by atoms with van der Waals surface area (Å²) in [5.74, 6) is 0.860. The lowest BCUT2D eigenvalue weighted by molar-refractivity contribution is 0.447. The monoisotopic (exact) mass is 460 g/mol. The van der Waals surface area contributed by atoms with Crippen LogP contribution in [0.15, 0.2) is 78.9 Å². The fourth-order valence-electron chi connectivity index (χ4n) is 3.97. The minimum Gasteiger partial charge on any atom is -0.442 e. The van der Waals surface area contributed by atoms with E-state index in [1.807, 2.05) is 30.3 Å². The number of benzene rings is 1. The van der Waals surface area contributed by atoms with Gasteiger partial charge in [0.15, 0.2) is 0 Å². The van der Waals surface area contributed by atoms with Gasteiger partial charge in [-0.3, -0.25) is 0 Å². The molecule has 0 heterocycles. The maximum Gasteiger partial charge on any atom is 0.241 e. The van der Waals surface area contributed by atoms with Crippen LogP contribution in [0, 0.1) is 0 Å². The van der Waals surface area contributed by atoms with E-state index in [1.165, 1.54) is 0 Å². The smallest absolute Gasteiger partial charge is 0.241 e. The first-order valence-corrected chi connectivity index (χ1v) is 19.7. The molecular formula is C22H33N2OPSSi2. The zero-order valence-corrected chi connectivity index (χ0v) is 22.0. The van der Waals surface area contributed by atoms with Crippen molar-refractivity contribution in [2.24, 2.45) is 0 Å². The van der Waals surface area contributed by atoms with Crippen molar-refractivity contribution in [2.75, 3.05) is 0 Å². The molecule has 3 nitrogen and oxygen atoms in total. The van der Waals surface area contributed by atoms with Gasteiger partial charge in [0.05, 0.1) is 0 Å². The molecule has 0 aliphatic heterocycles. The summed E-state index contributed by atoms with van der Waals surface area (Å²) >= 11 is 6.67. The molecule has 0 fully saturated rings. The van der Waals surface area contributed by atoms with E-state index >= 15 is 0 Å². The van der Waals surface area contributed by atoms with E-state index in [0.29, 0.717) is 0 Å². The van der Waals surface area contributed by atoms with E-state index in [1.54, 1.807) is 0 Å². The Kier molecular flexibility index (Phi) is 6.73. The highest BCUT2D eigenvalue weighted by Crippen LogP contribution is 2.61. The van der Waals surface area contributed by atoms with Gasteiger partial charge >= 0.3 is 0 Å². The van der Waals surface area contributed by atoms with E-state index in [0.717, 1.165) is 5.75 Å². The third kappa shape index (κ3) is 5.01. The zero-order chi connectivity index (χ0) is 21.3. The first kappa shape index (κ1) is 22.7. The van der Waals surface area contributed by atoms with Crippen LogP contribution in [-0.2, 0) is 11.8 Å². The highest BCUT2D eigenvalue weighted by atomic mass is 32.5. The Labute approximate surface area is 183 Å². The van der Waals surface area contributed by atoms with E-state index in [4.69, 9.17) is 16.3 Å². The van der Waals surface area contributed by atoms with Crippen LogP contribution in [0.2, 0.25) is 39.3 Å². The molecule has 7 heteroatoms. The molecule has 0 atom stereocenters. The number of nitrogens with zero attached hydrogens (tertiary/aromatic N) is 2. The Balaban J connectivity index is 2.20. The van der Waals surface area contributed by atoms with Gasteiger partial charge in [-0.15, -0.1) is 0 Å². The average Bonchev–Trinajstić information content (AvgIpc) is 3.27. The second-order valence-electron chi connectivity index (χ2n) is 9.45. The summed E-state index contributed by atoms with van der Waals surface area (Å²) in [6.45, 7) is 11.7. The second kappa shape index (κ2) is 8.62. The van der Waals surface area contributed by atoms with Gasteiger partial charge in [-0.25, -0.2) is 8.67 Å². The van der Waals surface area contributed by atoms with Crippen LogP contribution >= 0.6 is 6.57 Å². The molecule has 0 bridgehead atoms. The predicted octanol–water partition coefficient (Wildman–Crippen LogP) is 6.55. The molecule has 0 radical (unpaired) electrons. The normalized spacial score (nSPS) is 17.9. The van der Waals surface area contributed by atoms with Crippen LogP contribution in [-0.4, -0.2) is 37.2 Å². The molecular weight excluding hydrogens is 427 g/mol. The minimum atomic E-state index is -2.58. The maximum atomic E-state index is 6.92. The largest absolute Gasteiger partial charge is 0.442 e. The lowest BCUT2D eigenvalue weighted by Crippen LogP contribution is -2.58. The minimum absolute atomic E-state index is 0.185. The fraction of sp³-hybridized carbons (Fsp3) is 0.364. The highest BCUT2D eigenvalue weighted by molar-refractivity contribution is 8.11. The number of para-hydroxylation sites is 1. The Hall–Kier alpha value is -1.02. The summed E-state index contributed by atoms with van der Waals surface area (Å²) in [4.78, 5) is 0. The second-order valence-corrected chi connectivity index (χ2v) is 23.3. The van der Waals surface area contributed by atoms with Crippen molar-refractivity contribution in [1.82, 2.24) is 8.67 Å². The molecule has 0 aromatic heterocycles. The van der Waals surface area contributed by atoms with Crippen molar-refractivity contribution in [3.8, 4) is 5.75 Å². The van der Waals surface area contributed by atoms with E-state index < -0.39 is 23.0 Å². The Morgan fingerprint density at radius 2 is 1.10 bits per heavy atom. The van der Waals surface area contributed by atoms with Gasteiger partial charge in [0, 0.05) is 12.1 Å². The van der Waals surface area contributed by atoms with Crippen molar-refractivity contribution >= 4 is 34.8 Å². The SMILES string of the molecule is C[Si](C)(C)N(C1C=CC=C1)P(=S)(Oc1ccccc1)N(C1C=CC=C1)[Si](C)(C)C. The van der Waals surface area contributed by atoms with Crippen LogP contribution in [0.25, 0.3) is 0 Å². The molecule has 0 unspecified atom stereocenters. The van der Waals surface area contributed by atoms with Crippen molar-refractivity contribution in [2.45, 2.75) is 51.4 Å². The molecule has 0 saturated carbocycles. The quantitative estimate of drug-likeness (QED) is 0.323. The topological polar surface area (TPSA) is 15.7 Å². The summed E-state index contributed by atoms with van der Waals surface area (Å²) in [6, 6.07) is 10.5. The summed E-state index contributed by atoms with van der Waals surface area (Å²) < 4.78 is 12.1. The Morgan fingerprint density at radius 1 is 0.724 bits per heavy atom. The van der Waals surface area contributed by atoms with Crippen LogP contribution in [0.4, 0.5) is 0 Å². The summed E-state index contributed by atoms with van der Waals surface area (Å²) in [6.07, 6.45) is 17.6. The number of hydrogen-bond donors (Lipinski definition) is 0. The molecule has 0 amide bonds. The van der Waals surface area contributed by atoms with Gasteiger partial charge in [-0.2, -0.15) is 0 Å². The molecule has 0 N–H and O–H groups in total. The summed E-state index contributed by atoms with van der Waals surface area (Å²) in [5, 5.41) is 0. The zero-order valence-electron chi connectivity index (χ0n) is 18.3. The molecule has 1 aromatic carbocycles. The number of rotatable bonds is 8. The predicted molar refractivity (Wildman–Crippen MR) is 136 cm³/mol. The molecule has 3 rings (SSSR count). The van der Waals surface area contributed by atoms with Crippen molar-refractivity contribution in [1.29, 1.82) is 0 Å². The van der Waals surface area contributed by atoms with Gasteiger partial charge < -0.3 is 4.52 Å². The number of allylic oxidation sites excluding steroid dienone is 4. The lowest BCUT2D eigenvalue weighted by Gasteiger charge is -2.53. The van der Waals surface area contributed by atoms with Gasteiger partial charge in [0.25, 0.3) is 0 Å². The molecule has 2 aliphatic carbocycles. The average molecular weight is 461 g/mol. The van der Waals surface area contributed by atoms with Crippen molar-refractivity contribution in [3.63, 3.8) is 0 Å². The van der Waals surface area contributed by atoms with Crippen molar-refractivity contribution < 1.29 is 4.52 Å². The van der Waals surface area contributed by atoms with Crippen LogP contribution in [0.3, 0.4) is 0 Å². The highest BCUT2D eigenvalue weighted by Gasteiger charge is 2.50. The molecule has 156 valence electrons. The summed E-state index contributed by atoms with van der Waals surface area (Å²) in [5.41, 5.74) is 0. The van der Waals surface area contributed by atoms with Crippen LogP contribution in [0.5, 0.6) is 5.75 Å². The molecule has 0 saturated heterocycles. The maximum absolute atomic E-state index is 6.92. The first-order valence-electron chi connectivity index (χ1n) is 10.2. The standard InChI is InChI=1S/C22H33N2OPSSi2/c1-28(2,3)23(20-14-10-11-15-20)26(27,25-22-18-8-7-9-19-22)24(29(4,5)6)21-16-12-13-17-21/h7-21H,1-6H3. The van der Waals surface area contributed by atoms with E-state index in [2.05, 4.69) is 96.6 Å². The third-order valence-corrected chi connectivity index (χ3v) is 17.7. The molecule has 1 aromatic rings. The Morgan fingerprint density at radius 3 is 1.45 bits per heavy atom. The van der Waals surface area contributed by atoms with E-state index in [-0.39, 0.29) is 12.1 Å². The third-order valence-electron chi connectivity index (χ3n) is 4.91. The van der Waals surface area contributed by atoms with Crippen LogP contribution in [0.1, 0.15) is 0 Å². The van der Waals surface area contributed by atoms with Gasteiger partial charge in [0.1, 0.15) is 22.2 Å². The lowest BCUT2D eigenvalue weighted by atomic mass is 10.3. The van der Waals surface area contributed by atoms with Crippen molar-refractivity contribution in [3.05, 3.63) is 78.9 Å². The van der Waals surface area contributed by atoms with Gasteiger partial charge in [-0.1, -0.05) is 106 Å². The summed E-state index contributed by atoms with van der Waals surface area (Å²) in [7, 11) is -3.70. The Bertz CT molecular complexity index is 810. The van der Waals surface area contributed by atoms with Gasteiger partial charge in [0.2, 0.25) is 6.57 Å². The molecule has 29 heavy (non-hydrogen) atoms. The van der Waals surface area contributed by atoms with Gasteiger partial charge in [-0.05, 0) is 23.9 Å². The number of hydrogen-bond acceptors (Lipinski definition) is 2. The first-order chi connectivity index (χ1) is 13.5. The fourth-order valence-corrected chi connectivity index (χ4v) is 20.3. The molecule has 2 aliphatic rings.